The molecule has 1 aromatic carbocycles. The molecule has 0 aliphatic heterocycles. The van der Waals surface area contributed by atoms with E-state index in [2.05, 4.69) is 15.5 Å². The zero-order valence-corrected chi connectivity index (χ0v) is 13.1. The molecule has 8 nitrogen and oxygen atoms in total. The molecular formula is C15H24N4O4. The number of esters is 1. The summed E-state index contributed by atoms with van der Waals surface area (Å²) in [7, 11) is 1.20. The summed E-state index contributed by atoms with van der Waals surface area (Å²) in [5.41, 5.74) is 9.28. The van der Waals surface area contributed by atoms with Gasteiger partial charge in [-0.3, -0.25) is 16.1 Å². The molecule has 0 radical (unpaired) electrons. The molecule has 1 aromatic rings. The summed E-state index contributed by atoms with van der Waals surface area (Å²) in [6, 6.07) is 5.65. The number of anilines is 1. The summed E-state index contributed by atoms with van der Waals surface area (Å²) in [5, 5.41) is 12.4. The summed E-state index contributed by atoms with van der Waals surface area (Å²) in [6.07, 6.45) is 0.857. The quantitative estimate of drug-likeness (QED) is 0.183. The maximum Gasteiger partial charge on any atom is 0.339 e. The number of aliphatic hydroxyl groups is 1. The van der Waals surface area contributed by atoms with E-state index in [1.807, 2.05) is 0 Å². The van der Waals surface area contributed by atoms with Crippen LogP contribution in [0, 0.1) is 0 Å². The molecule has 0 fully saturated rings. The minimum atomic E-state index is -1.34. The highest BCUT2D eigenvalue weighted by atomic mass is 16.5. The van der Waals surface area contributed by atoms with Crippen molar-refractivity contribution in [1.29, 1.82) is 0 Å². The monoisotopic (exact) mass is 324 g/mol. The number of rotatable bonds is 9. The number of unbranched alkanes of at least 4 members (excludes halogenated alkanes) is 1. The van der Waals surface area contributed by atoms with Crippen molar-refractivity contribution in [2.24, 2.45) is 11.6 Å². The van der Waals surface area contributed by atoms with Crippen LogP contribution in [-0.4, -0.2) is 36.7 Å². The first-order valence-corrected chi connectivity index (χ1v) is 7.35. The van der Waals surface area contributed by atoms with Gasteiger partial charge in [-0.05, 0) is 30.5 Å². The van der Waals surface area contributed by atoms with Crippen LogP contribution in [0.1, 0.15) is 30.9 Å². The van der Waals surface area contributed by atoms with Gasteiger partial charge in [0.1, 0.15) is 0 Å². The van der Waals surface area contributed by atoms with Crippen LogP contribution in [-0.2, 0) is 14.3 Å². The van der Waals surface area contributed by atoms with Gasteiger partial charge in [0.2, 0.25) is 5.91 Å². The van der Waals surface area contributed by atoms with Crippen molar-refractivity contribution < 1.29 is 19.4 Å². The van der Waals surface area contributed by atoms with Gasteiger partial charge in [0.05, 0.1) is 13.2 Å². The predicted octanol–water partition coefficient (Wildman–Crippen LogP) is -0.208. The average Bonchev–Trinajstić information content (AvgIpc) is 2.57. The molecule has 0 spiro atoms. The van der Waals surface area contributed by atoms with E-state index >= 15 is 0 Å². The van der Waals surface area contributed by atoms with E-state index in [0.717, 1.165) is 12.8 Å². The standard InChI is InChI=1S/C15H24N4O4/c1-23-15(22)13(20)10-5-7-11(8-6-10)19-14(21)12(16)4-2-3-9-18-17/h5-8,12-13,18,20H,2-4,9,16-17H2,1H3,(H,19,21)/t12-,13?/m0/s1. The fourth-order valence-corrected chi connectivity index (χ4v) is 1.95. The van der Waals surface area contributed by atoms with Gasteiger partial charge in [-0.2, -0.15) is 0 Å². The Bertz CT molecular complexity index is 507. The molecule has 7 N–H and O–H groups in total. The third kappa shape index (κ3) is 6.33. The second-order valence-electron chi connectivity index (χ2n) is 5.09. The summed E-state index contributed by atoms with van der Waals surface area (Å²) in [5.74, 6) is 4.14. The lowest BCUT2D eigenvalue weighted by molar-refractivity contribution is -0.150. The van der Waals surface area contributed by atoms with E-state index in [4.69, 9.17) is 11.6 Å². The van der Waals surface area contributed by atoms with Gasteiger partial charge in [-0.25, -0.2) is 4.79 Å². The predicted molar refractivity (Wildman–Crippen MR) is 86.1 cm³/mol. The van der Waals surface area contributed by atoms with Crippen LogP contribution in [0.3, 0.4) is 0 Å². The second kappa shape index (κ2) is 9.90. The molecule has 0 bridgehead atoms. The van der Waals surface area contributed by atoms with Crippen LogP contribution in [0.25, 0.3) is 0 Å². The first-order chi connectivity index (χ1) is 11.0. The van der Waals surface area contributed by atoms with Crippen molar-refractivity contribution in [2.45, 2.75) is 31.4 Å². The van der Waals surface area contributed by atoms with E-state index in [0.29, 0.717) is 24.2 Å². The van der Waals surface area contributed by atoms with Crippen molar-refractivity contribution in [1.82, 2.24) is 5.43 Å². The number of amides is 1. The molecule has 0 saturated carbocycles. The highest BCUT2D eigenvalue weighted by molar-refractivity contribution is 5.94. The fourth-order valence-electron chi connectivity index (χ4n) is 1.95. The Labute approximate surface area is 135 Å². The van der Waals surface area contributed by atoms with Crippen LogP contribution in [0.2, 0.25) is 0 Å². The zero-order valence-electron chi connectivity index (χ0n) is 13.1. The Hall–Kier alpha value is -2.00. The van der Waals surface area contributed by atoms with Crippen LogP contribution >= 0.6 is 0 Å². The molecule has 2 atom stereocenters. The van der Waals surface area contributed by atoms with Crippen molar-refractivity contribution in [3.8, 4) is 0 Å². The maximum absolute atomic E-state index is 11.9. The van der Waals surface area contributed by atoms with Crippen LogP contribution in [0.5, 0.6) is 0 Å². The molecule has 1 rings (SSSR count). The molecule has 0 aliphatic rings. The molecule has 8 heteroatoms. The summed E-state index contributed by atoms with van der Waals surface area (Å²) >= 11 is 0. The van der Waals surface area contributed by atoms with Gasteiger partial charge in [0.25, 0.3) is 0 Å². The van der Waals surface area contributed by atoms with Crippen molar-refractivity contribution in [3.63, 3.8) is 0 Å². The van der Waals surface area contributed by atoms with Crippen molar-refractivity contribution >= 4 is 17.6 Å². The lowest BCUT2D eigenvalue weighted by Crippen LogP contribution is -2.35. The molecule has 0 aromatic heterocycles. The van der Waals surface area contributed by atoms with Gasteiger partial charge in [0.15, 0.2) is 6.10 Å². The number of aliphatic hydroxyl groups excluding tert-OH is 1. The molecular weight excluding hydrogens is 300 g/mol. The molecule has 0 saturated heterocycles. The van der Waals surface area contributed by atoms with Gasteiger partial charge < -0.3 is 20.9 Å². The number of nitrogens with two attached hydrogens (primary N) is 2. The number of hydrogen-bond acceptors (Lipinski definition) is 7. The highest BCUT2D eigenvalue weighted by Crippen LogP contribution is 2.17. The number of hydrogen-bond donors (Lipinski definition) is 5. The molecule has 1 unspecified atom stereocenters. The summed E-state index contributed by atoms with van der Waals surface area (Å²) in [4.78, 5) is 23.2. The second-order valence-corrected chi connectivity index (χ2v) is 5.09. The zero-order chi connectivity index (χ0) is 17.2. The number of carbonyl (C=O) groups excluding carboxylic acids is 2. The third-order valence-electron chi connectivity index (χ3n) is 3.34. The van der Waals surface area contributed by atoms with E-state index in [9.17, 15) is 14.7 Å². The lowest BCUT2D eigenvalue weighted by Gasteiger charge is -2.13. The Balaban J connectivity index is 2.50. The summed E-state index contributed by atoms with van der Waals surface area (Å²) in [6.45, 7) is 0.679. The lowest BCUT2D eigenvalue weighted by atomic mass is 10.1. The maximum atomic E-state index is 11.9. The molecule has 23 heavy (non-hydrogen) atoms. The number of nitrogens with one attached hydrogen (secondary N) is 2. The number of benzene rings is 1. The summed E-state index contributed by atoms with van der Waals surface area (Å²) < 4.78 is 4.46. The number of hydrazine groups is 1. The number of methoxy groups -OCH3 is 1. The molecule has 1 amide bonds. The minimum Gasteiger partial charge on any atom is -0.467 e. The first kappa shape index (κ1) is 19.0. The SMILES string of the molecule is COC(=O)C(O)c1ccc(NC(=O)[C@@H](N)CCCCNN)cc1. The smallest absolute Gasteiger partial charge is 0.339 e. The van der Waals surface area contributed by atoms with Gasteiger partial charge >= 0.3 is 5.97 Å². The fraction of sp³-hybridized carbons (Fsp3) is 0.467. The van der Waals surface area contributed by atoms with E-state index < -0.39 is 18.1 Å². The third-order valence-corrected chi connectivity index (χ3v) is 3.34. The van der Waals surface area contributed by atoms with E-state index in [1.165, 1.54) is 19.2 Å². The van der Waals surface area contributed by atoms with E-state index in [-0.39, 0.29) is 5.91 Å². The van der Waals surface area contributed by atoms with Gasteiger partial charge in [0, 0.05) is 12.2 Å². The van der Waals surface area contributed by atoms with Crippen LogP contribution < -0.4 is 22.3 Å². The van der Waals surface area contributed by atoms with Crippen molar-refractivity contribution in [3.05, 3.63) is 29.8 Å². The van der Waals surface area contributed by atoms with Gasteiger partial charge in [-0.1, -0.05) is 18.6 Å². The van der Waals surface area contributed by atoms with E-state index in [1.54, 1.807) is 12.1 Å². The first-order valence-electron chi connectivity index (χ1n) is 7.35. The Morgan fingerprint density at radius 2 is 1.91 bits per heavy atom. The topological polar surface area (TPSA) is 140 Å². The number of ether oxygens (including phenoxy) is 1. The largest absolute Gasteiger partial charge is 0.467 e. The molecule has 0 heterocycles. The highest BCUT2D eigenvalue weighted by Gasteiger charge is 2.18. The Morgan fingerprint density at radius 1 is 1.26 bits per heavy atom. The normalized spacial score (nSPS) is 13.2. The Morgan fingerprint density at radius 3 is 2.48 bits per heavy atom. The van der Waals surface area contributed by atoms with Gasteiger partial charge in [-0.15, -0.1) is 0 Å². The van der Waals surface area contributed by atoms with Crippen LogP contribution in [0.4, 0.5) is 5.69 Å². The molecule has 0 aliphatic carbocycles. The average molecular weight is 324 g/mol. The Kier molecular flexibility index (Phi) is 8.20. The van der Waals surface area contributed by atoms with Crippen LogP contribution in [0.15, 0.2) is 24.3 Å². The molecule has 128 valence electrons. The van der Waals surface area contributed by atoms with Crippen molar-refractivity contribution in [2.75, 3.05) is 19.0 Å². The minimum absolute atomic E-state index is 0.285. The number of carbonyl (C=O) groups is 2.